The van der Waals surface area contributed by atoms with Crippen LogP contribution in [0.2, 0.25) is 0 Å². The Bertz CT molecular complexity index is 1560. The van der Waals surface area contributed by atoms with Gasteiger partial charge in [0.2, 0.25) is 0 Å². The lowest BCUT2D eigenvalue weighted by Gasteiger charge is -2.25. The lowest BCUT2D eigenvalue weighted by molar-refractivity contribution is -0.140. The van der Waals surface area contributed by atoms with E-state index >= 15 is 0 Å². The van der Waals surface area contributed by atoms with Crippen LogP contribution in [0, 0.1) is 11.3 Å². The van der Waals surface area contributed by atoms with Crippen molar-refractivity contribution in [1.29, 1.82) is 5.26 Å². The average molecular weight is 504 g/mol. The third-order valence-corrected chi connectivity index (χ3v) is 6.80. The fourth-order valence-electron chi connectivity index (χ4n) is 4.00. The second-order valence-corrected chi connectivity index (χ2v) is 9.34. The monoisotopic (exact) mass is 503 g/mol. The maximum absolute atomic E-state index is 13.4. The lowest BCUT2D eigenvalue weighted by atomic mass is 9.84. The topological polar surface area (TPSA) is 117 Å². The normalized spacial score (nSPS) is 15.5. The summed E-state index contributed by atoms with van der Waals surface area (Å²) in [4.78, 5) is 26.8. The third kappa shape index (κ3) is 4.51. The van der Waals surface area contributed by atoms with Crippen LogP contribution >= 0.6 is 11.3 Å². The molecule has 1 unspecified atom stereocenters. The molecule has 0 bridgehead atoms. The summed E-state index contributed by atoms with van der Waals surface area (Å²) in [6, 6.07) is 16.4. The van der Waals surface area contributed by atoms with E-state index in [1.807, 2.05) is 12.1 Å². The van der Waals surface area contributed by atoms with Gasteiger partial charge in [-0.05, 0) is 55.3 Å². The Morgan fingerprint density at radius 1 is 1.08 bits per heavy atom. The predicted octanol–water partition coefficient (Wildman–Crippen LogP) is 2.31. The number of nitriles is 1. The zero-order chi connectivity index (χ0) is 26.0. The summed E-state index contributed by atoms with van der Waals surface area (Å²) in [5.41, 5.74) is 7.69. The molecule has 1 atom stereocenters. The average Bonchev–Trinajstić information content (AvgIpc) is 3.19. The van der Waals surface area contributed by atoms with Gasteiger partial charge in [0.1, 0.15) is 22.0 Å². The van der Waals surface area contributed by atoms with E-state index in [-0.39, 0.29) is 17.0 Å². The molecule has 4 rings (SSSR count). The first-order valence-corrected chi connectivity index (χ1v) is 12.0. The van der Waals surface area contributed by atoms with Crippen LogP contribution in [0.1, 0.15) is 30.9 Å². The van der Waals surface area contributed by atoms with E-state index in [9.17, 15) is 14.9 Å². The van der Waals surface area contributed by atoms with Gasteiger partial charge in [0.05, 0.1) is 48.0 Å². The number of aromatic nitrogens is 1. The van der Waals surface area contributed by atoms with Crippen molar-refractivity contribution in [3.63, 3.8) is 0 Å². The van der Waals surface area contributed by atoms with E-state index in [1.54, 1.807) is 70.5 Å². The number of benzene rings is 2. The second-order valence-electron chi connectivity index (χ2n) is 8.31. The van der Waals surface area contributed by atoms with Crippen molar-refractivity contribution in [2.24, 2.45) is 5.73 Å². The maximum Gasteiger partial charge on any atom is 0.338 e. The number of esters is 1. The molecule has 0 saturated carbocycles. The number of hydrogen-bond acceptors (Lipinski definition) is 8. The van der Waals surface area contributed by atoms with E-state index in [2.05, 4.69) is 6.07 Å². The number of carbonyl (C=O) groups is 1. The van der Waals surface area contributed by atoms with Gasteiger partial charge in [-0.1, -0.05) is 24.3 Å². The van der Waals surface area contributed by atoms with Gasteiger partial charge >= 0.3 is 5.97 Å². The van der Waals surface area contributed by atoms with Crippen LogP contribution in [0.15, 0.2) is 58.9 Å². The quantitative estimate of drug-likeness (QED) is 0.513. The molecule has 1 aliphatic rings. The molecule has 0 amide bonds. The van der Waals surface area contributed by atoms with Gasteiger partial charge in [-0.3, -0.25) is 9.36 Å². The highest BCUT2D eigenvalue weighted by Gasteiger charge is 2.36. The molecule has 2 heterocycles. The fourth-order valence-corrected chi connectivity index (χ4v) is 5.17. The molecule has 1 aliphatic heterocycles. The minimum absolute atomic E-state index is 0.00922. The van der Waals surface area contributed by atoms with Crippen LogP contribution in [-0.2, 0) is 9.53 Å². The van der Waals surface area contributed by atoms with Crippen LogP contribution in [0.4, 0.5) is 0 Å². The Kier molecular flexibility index (Phi) is 6.99. The molecule has 3 aromatic rings. The molecule has 0 spiro atoms. The molecule has 184 valence electrons. The molecule has 0 radical (unpaired) electrons. The Balaban J connectivity index is 2.03. The number of thiazole rings is 1. The molecule has 36 heavy (non-hydrogen) atoms. The highest BCUT2D eigenvalue weighted by Crippen LogP contribution is 2.37. The first kappa shape index (κ1) is 24.8. The van der Waals surface area contributed by atoms with Gasteiger partial charge in [-0.2, -0.15) is 5.26 Å². The largest absolute Gasteiger partial charge is 0.497 e. The smallest absolute Gasteiger partial charge is 0.338 e. The third-order valence-electron chi connectivity index (χ3n) is 5.69. The van der Waals surface area contributed by atoms with E-state index in [0.717, 1.165) is 16.9 Å². The lowest BCUT2D eigenvalue weighted by Crippen LogP contribution is -2.40. The van der Waals surface area contributed by atoms with Gasteiger partial charge in [0, 0.05) is 0 Å². The first-order chi connectivity index (χ1) is 17.3. The number of rotatable bonds is 6. The molecular formula is C27H25N3O5S. The number of allylic oxidation sites excluding steroid dienone is 1. The van der Waals surface area contributed by atoms with Crippen LogP contribution in [0.3, 0.4) is 0 Å². The summed E-state index contributed by atoms with van der Waals surface area (Å²) in [6.07, 6.45) is 1.31. The van der Waals surface area contributed by atoms with Crippen LogP contribution in [-0.4, -0.2) is 30.9 Å². The highest BCUT2D eigenvalue weighted by molar-refractivity contribution is 7.07. The van der Waals surface area contributed by atoms with Crippen molar-refractivity contribution in [2.75, 3.05) is 14.2 Å². The Hall–Kier alpha value is -4.29. The van der Waals surface area contributed by atoms with Crippen molar-refractivity contribution in [1.82, 2.24) is 4.57 Å². The minimum Gasteiger partial charge on any atom is -0.497 e. The van der Waals surface area contributed by atoms with Crippen LogP contribution in [0.5, 0.6) is 11.5 Å². The zero-order valence-corrected chi connectivity index (χ0v) is 21.1. The number of nitrogens with two attached hydrogens (primary N) is 1. The fraction of sp³-hybridized carbons (Fsp3) is 0.222. The molecule has 2 aromatic carbocycles. The van der Waals surface area contributed by atoms with Gasteiger partial charge < -0.3 is 19.9 Å². The van der Waals surface area contributed by atoms with Crippen molar-refractivity contribution in [2.45, 2.75) is 25.9 Å². The molecule has 0 saturated heterocycles. The van der Waals surface area contributed by atoms with E-state index < -0.39 is 23.6 Å². The first-order valence-electron chi connectivity index (χ1n) is 11.2. The van der Waals surface area contributed by atoms with Gasteiger partial charge in [0.15, 0.2) is 0 Å². The minimum atomic E-state index is -0.806. The molecule has 0 fully saturated rings. The Labute approximate surface area is 211 Å². The number of methoxy groups -OCH3 is 2. The van der Waals surface area contributed by atoms with Crippen molar-refractivity contribution >= 4 is 34.8 Å². The zero-order valence-electron chi connectivity index (χ0n) is 20.3. The summed E-state index contributed by atoms with van der Waals surface area (Å²) in [5, 5.41) is 10.1. The van der Waals surface area contributed by atoms with E-state index in [0.29, 0.717) is 26.3 Å². The summed E-state index contributed by atoms with van der Waals surface area (Å²) in [5.74, 6) is -0.114. The maximum atomic E-state index is 13.4. The summed E-state index contributed by atoms with van der Waals surface area (Å²) in [7, 11) is 3.13. The molecular weight excluding hydrogens is 478 g/mol. The van der Waals surface area contributed by atoms with E-state index in [1.165, 1.54) is 4.57 Å². The second kappa shape index (κ2) is 10.1. The van der Waals surface area contributed by atoms with Gasteiger partial charge in [0.25, 0.3) is 5.56 Å². The molecule has 2 N–H and O–H groups in total. The standard InChI is InChI=1S/C27H25N3O5S/c1-15(2)35-27(32)23-22(17-7-11-19(34-4)12-8-17)20(14-28)24(29)30-25(31)21(36-26(23)30)13-16-5-9-18(33-3)10-6-16/h5-13,15,22H,29H2,1-4H3/b21-13+. The molecule has 9 heteroatoms. The number of hydrogen-bond donors (Lipinski definition) is 1. The summed E-state index contributed by atoms with van der Waals surface area (Å²) < 4.78 is 17.9. The van der Waals surface area contributed by atoms with E-state index in [4.69, 9.17) is 19.9 Å². The summed E-state index contributed by atoms with van der Waals surface area (Å²) in [6.45, 7) is 3.48. The summed E-state index contributed by atoms with van der Waals surface area (Å²) >= 11 is 1.13. The SMILES string of the molecule is COc1ccc(/C=c2/sc3n(c2=O)C(N)=C(C#N)C(c2ccc(OC)cc2)C=3C(=O)OC(C)C)cc1. The number of nitrogens with zero attached hydrogens (tertiary/aromatic N) is 2. The number of carbonyl (C=O) groups excluding carboxylic acids is 1. The van der Waals surface area contributed by atoms with Crippen molar-refractivity contribution in [3.8, 4) is 17.6 Å². The van der Waals surface area contributed by atoms with Gasteiger partial charge in [-0.15, -0.1) is 11.3 Å². The van der Waals surface area contributed by atoms with Gasteiger partial charge in [-0.25, -0.2) is 4.79 Å². The highest BCUT2D eigenvalue weighted by atomic mass is 32.1. The van der Waals surface area contributed by atoms with Crippen molar-refractivity contribution < 1.29 is 19.0 Å². The van der Waals surface area contributed by atoms with Crippen LogP contribution < -0.4 is 30.0 Å². The Morgan fingerprint density at radius 3 is 2.19 bits per heavy atom. The molecule has 1 aromatic heterocycles. The molecule has 8 nitrogen and oxygen atoms in total. The molecule has 0 aliphatic carbocycles. The van der Waals surface area contributed by atoms with Crippen molar-refractivity contribution in [3.05, 3.63) is 84.8 Å². The number of fused-ring (bicyclic) bond motifs is 1. The Morgan fingerprint density at radius 2 is 1.67 bits per heavy atom. The predicted molar refractivity (Wildman–Crippen MR) is 138 cm³/mol. The van der Waals surface area contributed by atoms with Crippen LogP contribution in [0.25, 0.3) is 17.5 Å². The number of ether oxygens (including phenoxy) is 3.